The molecule has 0 amide bonds. The van der Waals surface area contributed by atoms with Crippen LogP contribution in [0.1, 0.15) is 35.7 Å². The van der Waals surface area contributed by atoms with E-state index in [1.165, 1.54) is 0 Å². The number of unbranched alkanes of at least 4 members (excludes halogenated alkanes) is 1. The van der Waals surface area contributed by atoms with Crippen molar-refractivity contribution in [3.8, 4) is 0 Å². The van der Waals surface area contributed by atoms with Crippen LogP contribution in [0.2, 0.25) is 0 Å². The molecule has 0 saturated carbocycles. The predicted molar refractivity (Wildman–Crippen MR) is 82.0 cm³/mol. The average Bonchev–Trinajstić information content (AvgIpc) is 2.56. The monoisotopic (exact) mass is 284 g/mol. The summed E-state index contributed by atoms with van der Waals surface area (Å²) in [5, 5.41) is 10.9. The second-order valence-corrected chi connectivity index (χ2v) is 4.91. The number of carbonyl (C=O) groups excluding carboxylic acids is 1. The zero-order valence-corrected chi connectivity index (χ0v) is 12.2. The standard InChI is InChI=1S/C18H20O3/c1-2-3-14-21-18(20,16-12-8-5-9-13-16)17(19)15-10-6-4-7-11-15/h4-13,20H,2-3,14H2,1H3. The van der Waals surface area contributed by atoms with Gasteiger partial charge in [0.1, 0.15) is 0 Å². The fraction of sp³-hybridized carbons (Fsp3) is 0.278. The molecule has 21 heavy (non-hydrogen) atoms. The molecule has 1 unspecified atom stereocenters. The Morgan fingerprint density at radius 1 is 1.05 bits per heavy atom. The normalized spacial score (nSPS) is 13.6. The minimum Gasteiger partial charge on any atom is -0.356 e. The van der Waals surface area contributed by atoms with Gasteiger partial charge in [0, 0.05) is 11.1 Å². The van der Waals surface area contributed by atoms with E-state index >= 15 is 0 Å². The number of rotatable bonds is 7. The van der Waals surface area contributed by atoms with Crippen molar-refractivity contribution in [2.45, 2.75) is 25.6 Å². The number of carbonyl (C=O) groups is 1. The highest BCUT2D eigenvalue weighted by molar-refractivity contribution is 6.01. The van der Waals surface area contributed by atoms with Crippen LogP contribution >= 0.6 is 0 Å². The van der Waals surface area contributed by atoms with Gasteiger partial charge in [0.25, 0.3) is 5.79 Å². The summed E-state index contributed by atoms with van der Waals surface area (Å²) in [7, 11) is 0. The van der Waals surface area contributed by atoms with E-state index in [1.807, 2.05) is 19.1 Å². The summed E-state index contributed by atoms with van der Waals surface area (Å²) in [5.41, 5.74) is 0.885. The molecular formula is C18H20O3. The van der Waals surface area contributed by atoms with Crippen molar-refractivity contribution in [2.24, 2.45) is 0 Å². The lowest BCUT2D eigenvalue weighted by atomic mass is 9.96. The van der Waals surface area contributed by atoms with Crippen molar-refractivity contribution in [3.05, 3.63) is 71.8 Å². The van der Waals surface area contributed by atoms with Crippen LogP contribution in [0, 0.1) is 0 Å². The number of benzene rings is 2. The Kier molecular flexibility index (Phi) is 5.26. The molecule has 2 aromatic carbocycles. The van der Waals surface area contributed by atoms with Gasteiger partial charge in [-0.1, -0.05) is 74.0 Å². The van der Waals surface area contributed by atoms with Gasteiger partial charge < -0.3 is 9.84 Å². The van der Waals surface area contributed by atoms with E-state index in [-0.39, 0.29) is 0 Å². The largest absolute Gasteiger partial charge is 0.356 e. The molecule has 3 nitrogen and oxygen atoms in total. The summed E-state index contributed by atoms with van der Waals surface area (Å²) in [5.74, 6) is -2.37. The van der Waals surface area contributed by atoms with Gasteiger partial charge in [-0.2, -0.15) is 0 Å². The molecule has 0 aliphatic rings. The number of aliphatic hydroxyl groups is 1. The molecule has 0 heterocycles. The van der Waals surface area contributed by atoms with Crippen molar-refractivity contribution < 1.29 is 14.6 Å². The molecule has 0 saturated heterocycles. The number of ketones is 1. The number of ether oxygens (including phenoxy) is 1. The number of hydrogen-bond acceptors (Lipinski definition) is 3. The lowest BCUT2D eigenvalue weighted by Crippen LogP contribution is -2.39. The molecule has 0 radical (unpaired) electrons. The predicted octanol–water partition coefficient (Wildman–Crippen LogP) is 3.53. The first-order valence-electron chi connectivity index (χ1n) is 7.20. The lowest BCUT2D eigenvalue weighted by molar-refractivity contribution is -0.174. The molecule has 0 aliphatic carbocycles. The molecule has 3 heteroatoms. The van der Waals surface area contributed by atoms with Crippen LogP contribution in [0.5, 0.6) is 0 Å². The van der Waals surface area contributed by atoms with Gasteiger partial charge >= 0.3 is 0 Å². The highest BCUT2D eigenvalue weighted by Crippen LogP contribution is 2.27. The summed E-state index contributed by atoms with van der Waals surface area (Å²) >= 11 is 0. The minimum atomic E-state index is -1.93. The molecule has 0 aromatic heterocycles. The second kappa shape index (κ2) is 7.16. The van der Waals surface area contributed by atoms with Crippen molar-refractivity contribution >= 4 is 5.78 Å². The Balaban J connectivity index is 2.34. The van der Waals surface area contributed by atoms with Crippen LogP contribution < -0.4 is 0 Å². The highest BCUT2D eigenvalue weighted by atomic mass is 16.6. The number of hydrogen-bond donors (Lipinski definition) is 1. The van der Waals surface area contributed by atoms with Crippen molar-refractivity contribution in [3.63, 3.8) is 0 Å². The van der Waals surface area contributed by atoms with E-state index < -0.39 is 11.6 Å². The first kappa shape index (κ1) is 15.4. The summed E-state index contributed by atoms with van der Waals surface area (Å²) in [6, 6.07) is 17.5. The molecule has 0 spiro atoms. The highest BCUT2D eigenvalue weighted by Gasteiger charge is 2.39. The van der Waals surface area contributed by atoms with Gasteiger partial charge in [-0.05, 0) is 6.42 Å². The van der Waals surface area contributed by atoms with Crippen LogP contribution in [-0.4, -0.2) is 17.5 Å². The molecule has 2 rings (SSSR count). The van der Waals surface area contributed by atoms with E-state index in [0.717, 1.165) is 12.8 Å². The summed E-state index contributed by atoms with van der Waals surface area (Å²) in [4.78, 5) is 12.7. The maximum atomic E-state index is 12.7. The van der Waals surface area contributed by atoms with Crippen molar-refractivity contribution in [1.82, 2.24) is 0 Å². The van der Waals surface area contributed by atoms with Gasteiger partial charge in [0.15, 0.2) is 0 Å². The Hall–Kier alpha value is -1.97. The average molecular weight is 284 g/mol. The lowest BCUT2D eigenvalue weighted by Gasteiger charge is -2.27. The minimum absolute atomic E-state index is 0.334. The number of Topliss-reactive ketones (excluding diaryl/α,β-unsaturated/α-hetero) is 1. The van der Waals surface area contributed by atoms with Gasteiger partial charge in [0.05, 0.1) is 6.61 Å². The first-order chi connectivity index (χ1) is 10.2. The fourth-order valence-electron chi connectivity index (χ4n) is 2.09. The van der Waals surface area contributed by atoms with Crippen LogP contribution in [0.15, 0.2) is 60.7 Å². The summed E-state index contributed by atoms with van der Waals surface area (Å²) in [6.45, 7) is 2.37. The third-order valence-electron chi connectivity index (χ3n) is 3.32. The molecule has 1 N–H and O–H groups in total. The fourth-order valence-corrected chi connectivity index (χ4v) is 2.09. The maximum Gasteiger partial charge on any atom is 0.258 e. The van der Waals surface area contributed by atoms with E-state index in [2.05, 4.69) is 0 Å². The third kappa shape index (κ3) is 3.57. The van der Waals surface area contributed by atoms with Crippen molar-refractivity contribution in [2.75, 3.05) is 6.61 Å². The maximum absolute atomic E-state index is 12.7. The Bertz CT molecular complexity index is 566. The van der Waals surface area contributed by atoms with E-state index in [1.54, 1.807) is 48.5 Å². The van der Waals surface area contributed by atoms with Crippen LogP contribution in [0.3, 0.4) is 0 Å². The molecule has 2 aromatic rings. The SMILES string of the molecule is CCCCOC(O)(C(=O)c1ccccc1)c1ccccc1. The zero-order chi connectivity index (χ0) is 15.1. The molecule has 110 valence electrons. The molecule has 1 atom stereocenters. The van der Waals surface area contributed by atoms with E-state index in [4.69, 9.17) is 4.74 Å². The topological polar surface area (TPSA) is 46.5 Å². The van der Waals surface area contributed by atoms with Gasteiger partial charge in [0.2, 0.25) is 5.78 Å². The Morgan fingerprint density at radius 2 is 1.62 bits per heavy atom. The summed E-state index contributed by atoms with van der Waals surface area (Å²) < 4.78 is 5.58. The second-order valence-electron chi connectivity index (χ2n) is 4.91. The van der Waals surface area contributed by atoms with Gasteiger partial charge in [-0.15, -0.1) is 0 Å². The first-order valence-corrected chi connectivity index (χ1v) is 7.20. The van der Waals surface area contributed by atoms with Crippen LogP contribution in [-0.2, 0) is 10.5 Å². The van der Waals surface area contributed by atoms with E-state index in [0.29, 0.717) is 17.7 Å². The molecule has 0 aliphatic heterocycles. The van der Waals surface area contributed by atoms with Crippen LogP contribution in [0.4, 0.5) is 0 Å². The molecule has 0 bridgehead atoms. The van der Waals surface area contributed by atoms with Gasteiger partial charge in [-0.25, -0.2) is 0 Å². The van der Waals surface area contributed by atoms with Gasteiger partial charge in [-0.3, -0.25) is 4.79 Å². The smallest absolute Gasteiger partial charge is 0.258 e. The third-order valence-corrected chi connectivity index (χ3v) is 3.32. The van der Waals surface area contributed by atoms with Crippen LogP contribution in [0.25, 0.3) is 0 Å². The quantitative estimate of drug-likeness (QED) is 0.480. The summed E-state index contributed by atoms with van der Waals surface area (Å²) in [6.07, 6.45) is 1.72. The van der Waals surface area contributed by atoms with E-state index in [9.17, 15) is 9.90 Å². The molecular weight excluding hydrogens is 264 g/mol. The Labute approximate surface area is 125 Å². The zero-order valence-electron chi connectivity index (χ0n) is 12.2. The van der Waals surface area contributed by atoms with Crippen molar-refractivity contribution in [1.29, 1.82) is 0 Å². The Morgan fingerprint density at radius 3 is 2.19 bits per heavy atom. The molecule has 0 fully saturated rings.